The van der Waals surface area contributed by atoms with Gasteiger partial charge in [-0.25, -0.2) is 19.9 Å². The molecule has 0 saturated heterocycles. The van der Waals surface area contributed by atoms with Crippen molar-refractivity contribution in [1.82, 2.24) is 15.0 Å². The van der Waals surface area contributed by atoms with Crippen LogP contribution in [0.25, 0.3) is 0 Å². The molecule has 15 nitrogen and oxygen atoms in total. The minimum absolute atomic E-state index is 0.0269. The molecule has 0 aliphatic rings. The van der Waals surface area contributed by atoms with Crippen LogP contribution in [0, 0.1) is 5.53 Å². The lowest BCUT2D eigenvalue weighted by Crippen LogP contribution is -2.20. The molecule has 0 radical (unpaired) electrons. The molecule has 0 spiro atoms. The number of nitrogens with one attached hydrogen (secondary N) is 6. The van der Waals surface area contributed by atoms with Crippen LogP contribution in [-0.2, 0) is 0 Å². The van der Waals surface area contributed by atoms with Crippen molar-refractivity contribution in [3.8, 4) is 0 Å². The van der Waals surface area contributed by atoms with E-state index in [1.165, 1.54) is 24.3 Å². The van der Waals surface area contributed by atoms with Crippen molar-refractivity contribution in [2.45, 2.75) is 0 Å². The molecule has 4 amide bonds. The molecule has 0 unspecified atom stereocenters. The summed E-state index contributed by atoms with van der Waals surface area (Å²) >= 11 is 0. The SMILES string of the molecule is N=Nc1ccc(Nc2nc(Nc3ccc(N)c(NC(N)=O)c3)nc(=O)[nH]2)cc1NC(N)=O. The van der Waals surface area contributed by atoms with Gasteiger partial charge in [0, 0.05) is 11.4 Å². The van der Waals surface area contributed by atoms with Gasteiger partial charge in [0.05, 0.1) is 17.1 Å². The Balaban J connectivity index is 1.85. The highest BCUT2D eigenvalue weighted by molar-refractivity contribution is 5.93. The number of hydrogen-bond acceptors (Lipinski definition) is 10. The van der Waals surface area contributed by atoms with Crippen LogP contribution in [0.2, 0.25) is 0 Å². The van der Waals surface area contributed by atoms with Crippen molar-refractivity contribution in [2.24, 2.45) is 16.6 Å². The number of carbonyl (C=O) groups is 2. The summed E-state index contributed by atoms with van der Waals surface area (Å²) in [7, 11) is 0. The van der Waals surface area contributed by atoms with Gasteiger partial charge in [0.15, 0.2) is 0 Å². The summed E-state index contributed by atoms with van der Waals surface area (Å²) in [6.45, 7) is 0. The zero-order chi connectivity index (χ0) is 23.3. The number of nitrogens with zero attached hydrogens (tertiary/aromatic N) is 3. The highest BCUT2D eigenvalue weighted by Crippen LogP contribution is 2.29. The van der Waals surface area contributed by atoms with Gasteiger partial charge in [0.1, 0.15) is 5.69 Å². The number of carbonyl (C=O) groups excluding carboxylic acids is 2. The molecule has 0 bridgehead atoms. The summed E-state index contributed by atoms with van der Waals surface area (Å²) in [4.78, 5) is 44.5. The zero-order valence-electron chi connectivity index (χ0n) is 16.3. The average molecular weight is 438 g/mol. The lowest BCUT2D eigenvalue weighted by atomic mass is 10.2. The number of primary amides is 2. The fraction of sp³-hybridized carbons (Fsp3) is 0. The van der Waals surface area contributed by atoms with E-state index in [9.17, 15) is 14.4 Å². The third-order valence-corrected chi connectivity index (χ3v) is 3.86. The lowest BCUT2D eigenvalue weighted by molar-refractivity contribution is 0.258. The Morgan fingerprint density at radius 1 is 0.938 bits per heavy atom. The predicted molar refractivity (Wildman–Crippen MR) is 118 cm³/mol. The third-order valence-electron chi connectivity index (χ3n) is 3.86. The highest BCUT2D eigenvalue weighted by atomic mass is 16.2. The zero-order valence-corrected chi connectivity index (χ0v) is 16.3. The molecule has 3 aromatic rings. The first-order valence-corrected chi connectivity index (χ1v) is 8.80. The number of aromatic nitrogens is 3. The van der Waals surface area contributed by atoms with Gasteiger partial charge >= 0.3 is 17.8 Å². The standard InChI is InChI=1S/C17H18N12O3/c18-9-3-1-7(5-11(9)24-13(19)30)22-15-26-16(28-17(32)27-15)23-8-2-4-10(29-21)12(6-8)25-14(20)31/h1-6,21H,18H2,(H3,19,24,30)(H3,20,25,31)(H3,22,23,26,27,28,32). The second kappa shape index (κ2) is 9.08. The second-order valence-electron chi connectivity index (χ2n) is 6.20. The normalized spacial score (nSPS) is 10.1. The first-order valence-electron chi connectivity index (χ1n) is 8.80. The summed E-state index contributed by atoms with van der Waals surface area (Å²) in [5.74, 6) is -0.0293. The van der Waals surface area contributed by atoms with E-state index < -0.39 is 17.8 Å². The molecule has 1 heterocycles. The number of H-pyrrole nitrogens is 1. The van der Waals surface area contributed by atoms with E-state index in [1.807, 2.05) is 0 Å². The number of benzene rings is 2. The first-order chi connectivity index (χ1) is 15.2. The van der Waals surface area contributed by atoms with E-state index >= 15 is 0 Å². The Morgan fingerprint density at radius 3 is 2.25 bits per heavy atom. The van der Waals surface area contributed by atoms with Crippen molar-refractivity contribution in [3.63, 3.8) is 0 Å². The van der Waals surface area contributed by atoms with Gasteiger partial charge in [-0.15, -0.1) is 0 Å². The topological polar surface area (TPSA) is 255 Å². The average Bonchev–Trinajstić information content (AvgIpc) is 2.69. The van der Waals surface area contributed by atoms with Crippen LogP contribution < -0.4 is 44.2 Å². The summed E-state index contributed by atoms with van der Waals surface area (Å²) in [5, 5.41) is 13.7. The van der Waals surface area contributed by atoms with E-state index in [4.69, 9.17) is 22.7 Å². The van der Waals surface area contributed by atoms with E-state index in [1.54, 1.807) is 12.1 Å². The number of amides is 4. The molecule has 0 fully saturated rings. The summed E-state index contributed by atoms with van der Waals surface area (Å²) < 4.78 is 0. The molecule has 32 heavy (non-hydrogen) atoms. The van der Waals surface area contributed by atoms with Gasteiger partial charge in [-0.3, -0.25) is 4.98 Å². The number of nitrogens with two attached hydrogens (primary N) is 3. The maximum absolute atomic E-state index is 12.0. The highest BCUT2D eigenvalue weighted by Gasteiger charge is 2.09. The number of rotatable bonds is 7. The largest absolute Gasteiger partial charge is 0.397 e. The number of urea groups is 2. The molecule has 3 rings (SSSR count). The number of nitrogen functional groups attached to an aromatic ring is 1. The van der Waals surface area contributed by atoms with Crippen LogP contribution in [-0.4, -0.2) is 27.0 Å². The molecular weight excluding hydrogens is 420 g/mol. The molecule has 2 aromatic carbocycles. The van der Waals surface area contributed by atoms with E-state index in [2.05, 4.69) is 41.3 Å². The van der Waals surface area contributed by atoms with Crippen molar-refractivity contribution < 1.29 is 9.59 Å². The van der Waals surface area contributed by atoms with Gasteiger partial charge in [0.2, 0.25) is 11.9 Å². The van der Waals surface area contributed by atoms with Gasteiger partial charge in [-0.05, 0) is 36.4 Å². The molecule has 0 aliphatic carbocycles. The van der Waals surface area contributed by atoms with Crippen molar-refractivity contribution >= 4 is 58.1 Å². The lowest BCUT2D eigenvalue weighted by Gasteiger charge is -2.12. The quantitative estimate of drug-likeness (QED) is 0.194. The molecular formula is C17H18N12O3. The summed E-state index contributed by atoms with van der Waals surface area (Å²) in [5.41, 5.74) is 24.2. The summed E-state index contributed by atoms with van der Waals surface area (Å²) in [6, 6.07) is 7.44. The number of aromatic amines is 1. The van der Waals surface area contributed by atoms with Crippen molar-refractivity contribution in [3.05, 3.63) is 46.9 Å². The Bertz CT molecular complexity index is 1260. The molecule has 12 N–H and O–H groups in total. The van der Waals surface area contributed by atoms with Crippen LogP contribution in [0.15, 0.2) is 46.3 Å². The van der Waals surface area contributed by atoms with Gasteiger partial charge in [-0.1, -0.05) is 0 Å². The fourth-order valence-electron chi connectivity index (χ4n) is 2.58. The molecule has 0 saturated carbocycles. The van der Waals surface area contributed by atoms with Gasteiger partial charge in [-0.2, -0.15) is 15.1 Å². The van der Waals surface area contributed by atoms with Gasteiger partial charge < -0.3 is 38.5 Å². The van der Waals surface area contributed by atoms with Crippen molar-refractivity contribution in [1.29, 1.82) is 5.53 Å². The van der Waals surface area contributed by atoms with Crippen LogP contribution >= 0.6 is 0 Å². The Hall–Kier alpha value is -5.21. The minimum Gasteiger partial charge on any atom is -0.397 e. The number of hydrogen-bond donors (Lipinski definition) is 9. The summed E-state index contributed by atoms with van der Waals surface area (Å²) in [6.07, 6.45) is 0. The molecule has 0 aliphatic heterocycles. The first kappa shape index (κ1) is 21.5. The maximum atomic E-state index is 12.0. The van der Waals surface area contributed by atoms with E-state index in [-0.39, 0.29) is 34.6 Å². The monoisotopic (exact) mass is 438 g/mol. The predicted octanol–water partition coefficient (Wildman–Crippen LogP) is 1.88. The Morgan fingerprint density at radius 2 is 1.56 bits per heavy atom. The van der Waals surface area contributed by atoms with Crippen LogP contribution in [0.3, 0.4) is 0 Å². The number of anilines is 7. The van der Waals surface area contributed by atoms with Crippen LogP contribution in [0.1, 0.15) is 0 Å². The van der Waals surface area contributed by atoms with Crippen molar-refractivity contribution in [2.75, 3.05) is 27.0 Å². The van der Waals surface area contributed by atoms with Crippen LogP contribution in [0.5, 0.6) is 0 Å². The minimum atomic E-state index is -0.831. The van der Waals surface area contributed by atoms with Crippen LogP contribution in [0.4, 0.5) is 55.6 Å². The Labute approximate surface area is 179 Å². The molecule has 0 atom stereocenters. The molecule has 1 aromatic heterocycles. The van der Waals surface area contributed by atoms with E-state index in [0.29, 0.717) is 11.4 Å². The smallest absolute Gasteiger partial charge is 0.351 e. The third kappa shape index (κ3) is 5.44. The Kier molecular flexibility index (Phi) is 6.10. The maximum Gasteiger partial charge on any atom is 0.351 e. The van der Waals surface area contributed by atoms with Gasteiger partial charge in [0.25, 0.3) is 0 Å². The molecule has 164 valence electrons. The van der Waals surface area contributed by atoms with E-state index in [0.717, 1.165) is 0 Å². The molecule has 15 heteroatoms. The second-order valence-corrected chi connectivity index (χ2v) is 6.20. The fourth-order valence-corrected chi connectivity index (χ4v) is 2.58.